The van der Waals surface area contributed by atoms with Crippen molar-refractivity contribution in [2.75, 3.05) is 6.54 Å². The zero-order valence-electron chi connectivity index (χ0n) is 10.6. The van der Waals surface area contributed by atoms with E-state index in [4.69, 9.17) is 0 Å². The Labute approximate surface area is 110 Å². The number of nitro benzene ring substituents is 1. The Kier molecular flexibility index (Phi) is 4.19. The van der Waals surface area contributed by atoms with Crippen LogP contribution in [0.5, 0.6) is 0 Å². The average molecular weight is 261 g/mol. The van der Waals surface area contributed by atoms with Crippen molar-refractivity contribution in [1.29, 1.82) is 0 Å². The van der Waals surface area contributed by atoms with Crippen LogP contribution in [0.15, 0.2) is 30.6 Å². The summed E-state index contributed by atoms with van der Waals surface area (Å²) < 4.78 is 1.78. The predicted octanol–water partition coefficient (Wildman–Crippen LogP) is 1.34. The van der Waals surface area contributed by atoms with Gasteiger partial charge in [0, 0.05) is 12.1 Å². The summed E-state index contributed by atoms with van der Waals surface area (Å²) in [5.41, 5.74) is 1.05. The van der Waals surface area contributed by atoms with Crippen LogP contribution in [-0.4, -0.2) is 26.2 Å². The lowest BCUT2D eigenvalue weighted by atomic mass is 10.2. The van der Waals surface area contributed by atoms with Crippen molar-refractivity contribution in [1.82, 2.24) is 20.1 Å². The summed E-state index contributed by atoms with van der Waals surface area (Å²) in [6, 6.07) is 6.46. The minimum Gasteiger partial charge on any atom is -0.310 e. The van der Waals surface area contributed by atoms with Crippen LogP contribution in [0.2, 0.25) is 0 Å². The number of nitro groups is 1. The summed E-state index contributed by atoms with van der Waals surface area (Å²) in [6.45, 7) is 4.10. The van der Waals surface area contributed by atoms with Crippen LogP contribution < -0.4 is 5.32 Å². The van der Waals surface area contributed by atoms with Gasteiger partial charge >= 0.3 is 0 Å². The zero-order chi connectivity index (χ0) is 13.7. The first kappa shape index (κ1) is 13.2. The van der Waals surface area contributed by atoms with Gasteiger partial charge in [0.1, 0.15) is 12.2 Å². The molecule has 0 spiro atoms. The highest BCUT2D eigenvalue weighted by Gasteiger charge is 2.07. The number of hydrogen-bond acceptors (Lipinski definition) is 5. The Morgan fingerprint density at radius 3 is 2.74 bits per heavy atom. The molecule has 7 heteroatoms. The highest BCUT2D eigenvalue weighted by molar-refractivity contribution is 5.32. The molecule has 0 aliphatic carbocycles. The number of benzene rings is 1. The number of nitrogens with zero attached hydrogens (tertiary/aromatic N) is 4. The number of nitrogens with one attached hydrogen (secondary N) is 1. The maximum absolute atomic E-state index is 10.6. The van der Waals surface area contributed by atoms with Crippen molar-refractivity contribution in [2.45, 2.75) is 20.0 Å². The van der Waals surface area contributed by atoms with Crippen LogP contribution in [0.3, 0.4) is 0 Å². The zero-order valence-corrected chi connectivity index (χ0v) is 10.6. The summed E-state index contributed by atoms with van der Waals surface area (Å²) in [6.07, 6.45) is 1.51. The van der Waals surface area contributed by atoms with Gasteiger partial charge in [-0.25, -0.2) is 9.67 Å². The van der Waals surface area contributed by atoms with Crippen molar-refractivity contribution in [3.8, 4) is 0 Å². The molecule has 0 radical (unpaired) electrons. The molecule has 7 nitrogen and oxygen atoms in total. The third kappa shape index (κ3) is 3.35. The number of non-ortho nitro benzene ring substituents is 1. The Morgan fingerprint density at radius 1 is 1.37 bits per heavy atom. The Balaban J connectivity index is 2.08. The molecule has 0 unspecified atom stereocenters. The molecule has 0 amide bonds. The lowest BCUT2D eigenvalue weighted by molar-refractivity contribution is -0.384. The van der Waals surface area contributed by atoms with E-state index in [2.05, 4.69) is 15.4 Å². The van der Waals surface area contributed by atoms with Crippen molar-refractivity contribution in [3.05, 3.63) is 52.1 Å². The average Bonchev–Trinajstić information content (AvgIpc) is 2.84. The molecule has 1 N–H and O–H groups in total. The molecular formula is C12H15N5O2. The van der Waals surface area contributed by atoms with Gasteiger partial charge in [0.05, 0.1) is 18.0 Å². The Morgan fingerprint density at radius 2 is 2.11 bits per heavy atom. The summed E-state index contributed by atoms with van der Waals surface area (Å²) in [7, 11) is 0. The van der Waals surface area contributed by atoms with Crippen LogP contribution in [-0.2, 0) is 13.1 Å². The second-order valence-corrected chi connectivity index (χ2v) is 4.04. The van der Waals surface area contributed by atoms with Crippen molar-refractivity contribution in [3.63, 3.8) is 0 Å². The van der Waals surface area contributed by atoms with Crippen LogP contribution in [0.25, 0.3) is 0 Å². The minimum atomic E-state index is -0.407. The Hall–Kier alpha value is -2.28. The van der Waals surface area contributed by atoms with Gasteiger partial charge in [-0.1, -0.05) is 19.1 Å². The summed E-state index contributed by atoms with van der Waals surface area (Å²) in [4.78, 5) is 14.3. The van der Waals surface area contributed by atoms with Crippen molar-refractivity contribution < 1.29 is 4.92 Å². The van der Waals surface area contributed by atoms with Gasteiger partial charge in [-0.15, -0.1) is 0 Å². The first-order chi connectivity index (χ1) is 9.20. The normalized spacial score (nSPS) is 10.6. The van der Waals surface area contributed by atoms with Gasteiger partial charge in [-0.2, -0.15) is 5.10 Å². The van der Waals surface area contributed by atoms with E-state index in [9.17, 15) is 10.1 Å². The fourth-order valence-corrected chi connectivity index (χ4v) is 1.69. The molecule has 19 heavy (non-hydrogen) atoms. The van der Waals surface area contributed by atoms with Gasteiger partial charge in [-0.3, -0.25) is 10.1 Å². The highest BCUT2D eigenvalue weighted by atomic mass is 16.6. The molecule has 1 aromatic heterocycles. The molecule has 0 saturated carbocycles. The monoisotopic (exact) mass is 261 g/mol. The van der Waals surface area contributed by atoms with Gasteiger partial charge < -0.3 is 5.32 Å². The number of hydrogen-bond donors (Lipinski definition) is 1. The molecule has 1 aromatic carbocycles. The van der Waals surface area contributed by atoms with Crippen LogP contribution in [0.1, 0.15) is 18.3 Å². The summed E-state index contributed by atoms with van der Waals surface area (Å²) >= 11 is 0. The Bertz CT molecular complexity index is 550. The fourth-order valence-electron chi connectivity index (χ4n) is 1.69. The largest absolute Gasteiger partial charge is 0.310 e. The van der Waals surface area contributed by atoms with Crippen molar-refractivity contribution in [2.24, 2.45) is 0 Å². The van der Waals surface area contributed by atoms with Crippen molar-refractivity contribution >= 4 is 5.69 Å². The minimum absolute atomic E-state index is 0.0928. The molecule has 0 aliphatic rings. The SMILES string of the molecule is CCNCc1ncnn1Cc1ccc([N+](=O)[O-])cc1. The number of aromatic nitrogens is 3. The van der Waals surface area contributed by atoms with Crippen LogP contribution in [0.4, 0.5) is 5.69 Å². The third-order valence-corrected chi connectivity index (χ3v) is 2.71. The molecule has 0 bridgehead atoms. The molecule has 0 aliphatic heterocycles. The second-order valence-electron chi connectivity index (χ2n) is 4.04. The topological polar surface area (TPSA) is 85.9 Å². The van der Waals surface area contributed by atoms with E-state index >= 15 is 0 Å². The fraction of sp³-hybridized carbons (Fsp3) is 0.333. The lowest BCUT2D eigenvalue weighted by Gasteiger charge is -2.06. The molecule has 2 aromatic rings. The molecule has 0 saturated heterocycles. The first-order valence-corrected chi connectivity index (χ1v) is 6.01. The molecule has 0 atom stereocenters. The van der Waals surface area contributed by atoms with Crippen LogP contribution in [0, 0.1) is 10.1 Å². The van der Waals surface area contributed by atoms with Gasteiger partial charge in [0.15, 0.2) is 0 Å². The van der Waals surface area contributed by atoms with E-state index in [0.29, 0.717) is 13.1 Å². The van der Waals surface area contributed by atoms with Gasteiger partial charge in [0.25, 0.3) is 5.69 Å². The maximum Gasteiger partial charge on any atom is 0.269 e. The maximum atomic E-state index is 10.6. The smallest absolute Gasteiger partial charge is 0.269 e. The molecule has 0 fully saturated rings. The van der Waals surface area contributed by atoms with E-state index in [1.807, 2.05) is 6.92 Å². The molecular weight excluding hydrogens is 246 g/mol. The van der Waals surface area contributed by atoms with E-state index in [0.717, 1.165) is 17.9 Å². The van der Waals surface area contributed by atoms with E-state index in [1.54, 1.807) is 16.8 Å². The second kappa shape index (κ2) is 6.05. The third-order valence-electron chi connectivity index (χ3n) is 2.71. The van der Waals surface area contributed by atoms with Gasteiger partial charge in [0.2, 0.25) is 0 Å². The summed E-state index contributed by atoms with van der Waals surface area (Å²) in [5, 5.41) is 17.9. The van der Waals surface area contributed by atoms with E-state index in [-0.39, 0.29) is 5.69 Å². The van der Waals surface area contributed by atoms with Crippen LogP contribution >= 0.6 is 0 Å². The first-order valence-electron chi connectivity index (χ1n) is 6.01. The molecule has 2 rings (SSSR count). The molecule has 100 valence electrons. The standard InChI is InChI=1S/C12H15N5O2/c1-2-13-7-12-14-9-15-16(12)8-10-3-5-11(6-4-10)17(18)19/h3-6,9,13H,2,7-8H2,1H3. The quantitative estimate of drug-likeness (QED) is 0.626. The number of rotatable bonds is 6. The highest BCUT2D eigenvalue weighted by Crippen LogP contribution is 2.12. The van der Waals surface area contributed by atoms with Gasteiger partial charge in [-0.05, 0) is 12.1 Å². The predicted molar refractivity (Wildman–Crippen MR) is 69.6 cm³/mol. The lowest BCUT2D eigenvalue weighted by Crippen LogP contribution is -2.17. The molecule has 1 heterocycles. The summed E-state index contributed by atoms with van der Waals surface area (Å²) in [5.74, 6) is 0.847. The van der Waals surface area contributed by atoms with E-state index < -0.39 is 4.92 Å². The van der Waals surface area contributed by atoms with E-state index in [1.165, 1.54) is 18.5 Å².